The van der Waals surface area contributed by atoms with Gasteiger partial charge in [0.25, 0.3) is 12.0 Å². The normalized spacial score (nSPS) is 11.7. The van der Waals surface area contributed by atoms with Gasteiger partial charge in [0.15, 0.2) is 0 Å². The van der Waals surface area contributed by atoms with Crippen LogP contribution in [0.2, 0.25) is 0 Å². The zero-order valence-corrected chi connectivity index (χ0v) is 8.27. The summed E-state index contributed by atoms with van der Waals surface area (Å²) < 4.78 is 68.6. The Morgan fingerprint density at radius 1 is 1.35 bits per heavy atom. The highest BCUT2D eigenvalue weighted by atomic mass is 19.4. The topological polar surface area (TPSA) is 51.3 Å². The number of pyridine rings is 1. The number of rotatable bonds is 3. The average Bonchev–Trinajstić information content (AvgIpc) is 2.12. The lowest BCUT2D eigenvalue weighted by Gasteiger charge is -2.14. The van der Waals surface area contributed by atoms with E-state index in [2.05, 4.69) is 9.47 Å². The third-order valence-electron chi connectivity index (χ3n) is 1.66. The van der Waals surface area contributed by atoms with Gasteiger partial charge in [0, 0.05) is 6.07 Å². The van der Waals surface area contributed by atoms with Crippen LogP contribution in [0.5, 0.6) is 11.6 Å². The number of hydrogen-bond acceptors (Lipinski definition) is 3. The summed E-state index contributed by atoms with van der Waals surface area (Å²) in [6, 6.07) is 0.275. The molecule has 96 valence electrons. The van der Waals surface area contributed by atoms with Crippen LogP contribution in [0.1, 0.15) is 12.0 Å². The molecule has 0 unspecified atom stereocenters. The van der Waals surface area contributed by atoms with Gasteiger partial charge in [-0.2, -0.15) is 0 Å². The molecule has 1 rings (SSSR count). The Morgan fingerprint density at radius 3 is 2.35 bits per heavy atom. The molecule has 17 heavy (non-hydrogen) atoms. The molecule has 1 aromatic heterocycles. The van der Waals surface area contributed by atoms with Crippen molar-refractivity contribution in [2.45, 2.75) is 12.8 Å². The molecule has 0 aliphatic carbocycles. The highest BCUT2D eigenvalue weighted by Gasteiger charge is 2.35. The van der Waals surface area contributed by atoms with E-state index >= 15 is 0 Å². The van der Waals surface area contributed by atoms with Crippen LogP contribution in [-0.2, 0) is 0 Å². The second-order valence-corrected chi connectivity index (χ2v) is 2.79. The van der Waals surface area contributed by atoms with Crippen molar-refractivity contribution in [2.75, 3.05) is 7.11 Å². The Labute approximate surface area is 91.0 Å². The first-order valence-electron chi connectivity index (χ1n) is 4.09. The van der Waals surface area contributed by atoms with E-state index in [9.17, 15) is 26.7 Å². The molecular formula is C8H6F5NO3. The van der Waals surface area contributed by atoms with Crippen LogP contribution >= 0.6 is 0 Å². The summed E-state index contributed by atoms with van der Waals surface area (Å²) >= 11 is 0. The predicted octanol–water partition coefficient (Wildman–Crippen LogP) is 2.22. The number of aromatic amines is 1. The number of alkyl halides is 5. The van der Waals surface area contributed by atoms with E-state index in [1.54, 1.807) is 0 Å². The molecule has 4 nitrogen and oxygen atoms in total. The zero-order valence-electron chi connectivity index (χ0n) is 8.27. The van der Waals surface area contributed by atoms with Crippen LogP contribution in [0, 0.1) is 0 Å². The molecule has 0 radical (unpaired) electrons. The van der Waals surface area contributed by atoms with E-state index in [0.29, 0.717) is 0 Å². The third-order valence-corrected chi connectivity index (χ3v) is 1.66. The zero-order chi connectivity index (χ0) is 13.2. The lowest BCUT2D eigenvalue weighted by Crippen LogP contribution is -2.21. The first-order valence-corrected chi connectivity index (χ1v) is 4.09. The Hall–Kier alpha value is -1.80. The fourth-order valence-electron chi connectivity index (χ4n) is 1.10. The molecule has 9 heteroatoms. The first-order chi connectivity index (χ1) is 7.74. The molecule has 1 heterocycles. The largest absolute Gasteiger partial charge is 0.573 e. The summed E-state index contributed by atoms with van der Waals surface area (Å²) in [5.41, 5.74) is -2.21. The number of halogens is 5. The summed E-state index contributed by atoms with van der Waals surface area (Å²) in [4.78, 5) is 12.7. The van der Waals surface area contributed by atoms with Crippen LogP contribution in [0.25, 0.3) is 0 Å². The molecule has 1 N–H and O–H groups in total. The van der Waals surface area contributed by atoms with E-state index in [1.807, 2.05) is 4.98 Å². The summed E-state index contributed by atoms with van der Waals surface area (Å²) in [7, 11) is 0.925. The van der Waals surface area contributed by atoms with Crippen molar-refractivity contribution in [3.8, 4) is 11.6 Å². The smallest absolute Gasteiger partial charge is 0.482 e. The molecule has 0 saturated heterocycles. The first kappa shape index (κ1) is 13.3. The predicted molar refractivity (Wildman–Crippen MR) is 45.3 cm³/mol. The highest BCUT2D eigenvalue weighted by molar-refractivity contribution is 5.40. The maximum Gasteiger partial charge on any atom is 0.573 e. The third kappa shape index (κ3) is 3.33. The molecule has 0 aromatic carbocycles. The molecular weight excluding hydrogens is 253 g/mol. The Morgan fingerprint density at radius 2 is 1.94 bits per heavy atom. The van der Waals surface area contributed by atoms with Crippen molar-refractivity contribution in [3.63, 3.8) is 0 Å². The van der Waals surface area contributed by atoms with E-state index in [0.717, 1.165) is 7.11 Å². The number of methoxy groups -OCH3 is 1. The van der Waals surface area contributed by atoms with Gasteiger partial charge in [-0.15, -0.1) is 13.2 Å². The van der Waals surface area contributed by atoms with Crippen molar-refractivity contribution >= 4 is 0 Å². The number of ether oxygens (including phenoxy) is 2. The van der Waals surface area contributed by atoms with Crippen molar-refractivity contribution < 1.29 is 31.4 Å². The van der Waals surface area contributed by atoms with Crippen LogP contribution in [0.4, 0.5) is 22.0 Å². The van der Waals surface area contributed by atoms with Gasteiger partial charge in [-0.25, -0.2) is 8.78 Å². The van der Waals surface area contributed by atoms with Crippen LogP contribution in [-0.4, -0.2) is 18.5 Å². The highest BCUT2D eigenvalue weighted by Crippen LogP contribution is 2.36. The molecule has 0 amide bonds. The van der Waals surface area contributed by atoms with Gasteiger partial charge in [-0.05, 0) is 0 Å². The van der Waals surface area contributed by atoms with Gasteiger partial charge in [-0.1, -0.05) is 0 Å². The lowest BCUT2D eigenvalue weighted by molar-refractivity contribution is -0.275. The summed E-state index contributed by atoms with van der Waals surface area (Å²) in [6.07, 6.45) is -8.47. The Kier molecular flexibility index (Phi) is 3.59. The van der Waals surface area contributed by atoms with Gasteiger partial charge < -0.3 is 9.47 Å². The van der Waals surface area contributed by atoms with E-state index in [1.165, 1.54) is 0 Å². The van der Waals surface area contributed by atoms with E-state index in [-0.39, 0.29) is 6.07 Å². The monoisotopic (exact) mass is 259 g/mol. The molecule has 0 fully saturated rings. The number of hydrogen-bond donors (Lipinski definition) is 1. The molecule has 1 aromatic rings. The minimum absolute atomic E-state index is 0.275. The summed E-state index contributed by atoms with van der Waals surface area (Å²) in [5, 5.41) is 0. The van der Waals surface area contributed by atoms with E-state index in [4.69, 9.17) is 0 Å². The molecule has 0 aliphatic heterocycles. The van der Waals surface area contributed by atoms with Gasteiger partial charge in [0.2, 0.25) is 5.88 Å². The van der Waals surface area contributed by atoms with Gasteiger partial charge in [0.05, 0.1) is 7.11 Å². The standard InChI is InChI=1S/C8H6F5NO3/c1-16-7-5(6(9)10)3(2-4(15)14-7)17-8(11,12)13/h2,6H,1H3,(H,14,15). The minimum atomic E-state index is -5.18. The SMILES string of the molecule is COc1[nH]c(=O)cc(OC(F)(F)F)c1C(F)F. The van der Waals surface area contributed by atoms with Gasteiger partial charge >= 0.3 is 6.36 Å². The van der Waals surface area contributed by atoms with Crippen LogP contribution in [0.3, 0.4) is 0 Å². The second-order valence-electron chi connectivity index (χ2n) is 2.79. The van der Waals surface area contributed by atoms with Crippen molar-refractivity contribution in [1.82, 2.24) is 4.98 Å². The molecule has 0 aliphatic rings. The van der Waals surface area contributed by atoms with Crippen molar-refractivity contribution in [2.24, 2.45) is 0 Å². The number of aromatic nitrogens is 1. The maximum absolute atomic E-state index is 12.5. The molecule has 0 saturated carbocycles. The number of H-pyrrole nitrogens is 1. The summed E-state index contributed by atoms with van der Waals surface area (Å²) in [5.74, 6) is -2.06. The molecule has 0 atom stereocenters. The van der Waals surface area contributed by atoms with Gasteiger partial charge in [0.1, 0.15) is 11.3 Å². The number of nitrogens with one attached hydrogen (secondary N) is 1. The quantitative estimate of drug-likeness (QED) is 0.847. The molecule has 0 bridgehead atoms. The fourth-order valence-corrected chi connectivity index (χ4v) is 1.10. The average molecular weight is 259 g/mol. The second kappa shape index (κ2) is 4.60. The van der Waals surface area contributed by atoms with Crippen LogP contribution < -0.4 is 15.0 Å². The van der Waals surface area contributed by atoms with Crippen molar-refractivity contribution in [3.05, 3.63) is 22.0 Å². The van der Waals surface area contributed by atoms with E-state index < -0.39 is 35.5 Å². The van der Waals surface area contributed by atoms with Crippen LogP contribution in [0.15, 0.2) is 10.9 Å². The minimum Gasteiger partial charge on any atom is -0.482 e. The Bertz CT molecular complexity index is 453. The maximum atomic E-state index is 12.5. The van der Waals surface area contributed by atoms with Gasteiger partial charge in [-0.3, -0.25) is 9.78 Å². The Balaban J connectivity index is 3.36. The lowest BCUT2D eigenvalue weighted by atomic mass is 10.2. The van der Waals surface area contributed by atoms with Crippen molar-refractivity contribution in [1.29, 1.82) is 0 Å². The summed E-state index contributed by atoms with van der Waals surface area (Å²) in [6.45, 7) is 0. The fraction of sp³-hybridized carbons (Fsp3) is 0.375. The molecule has 0 spiro atoms.